The predicted molar refractivity (Wildman–Crippen MR) is 74.8 cm³/mol. The van der Waals surface area contributed by atoms with Crippen LogP contribution in [0.3, 0.4) is 0 Å². The zero-order valence-electron chi connectivity index (χ0n) is 10.6. The summed E-state index contributed by atoms with van der Waals surface area (Å²) in [5.41, 5.74) is 1.05. The Morgan fingerprint density at radius 3 is 2.67 bits per heavy atom. The second kappa shape index (κ2) is 6.79. The lowest BCUT2D eigenvalue weighted by Gasteiger charge is -2.22. The molecule has 98 valence electrons. The first kappa shape index (κ1) is 13.4. The Bertz CT molecular complexity index is 399. The van der Waals surface area contributed by atoms with E-state index in [0.29, 0.717) is 12.5 Å². The third kappa shape index (κ3) is 4.02. The number of hydrogen-bond acceptors (Lipinski definition) is 1. The molecule has 0 bridgehead atoms. The minimum absolute atomic E-state index is 0.154. The molecule has 0 radical (unpaired) electrons. The topological polar surface area (TPSA) is 29.1 Å². The van der Waals surface area contributed by atoms with Crippen LogP contribution in [0.25, 0.3) is 0 Å². The van der Waals surface area contributed by atoms with E-state index in [1.165, 1.54) is 19.3 Å². The summed E-state index contributed by atoms with van der Waals surface area (Å²) in [5.74, 6) is 0.154. The number of benzene rings is 1. The molecule has 1 aromatic rings. The van der Waals surface area contributed by atoms with Gasteiger partial charge in [0.2, 0.25) is 5.91 Å². The molecule has 0 aromatic heterocycles. The molecule has 1 amide bonds. The van der Waals surface area contributed by atoms with E-state index in [2.05, 4.69) is 5.32 Å². The fourth-order valence-corrected chi connectivity index (χ4v) is 2.73. The van der Waals surface area contributed by atoms with Crippen molar-refractivity contribution in [3.63, 3.8) is 0 Å². The Morgan fingerprint density at radius 1 is 1.22 bits per heavy atom. The number of amides is 1. The van der Waals surface area contributed by atoms with Crippen molar-refractivity contribution in [3.8, 4) is 0 Å². The first-order valence-electron chi connectivity index (χ1n) is 6.78. The zero-order chi connectivity index (χ0) is 12.8. The van der Waals surface area contributed by atoms with Crippen LogP contribution in [-0.2, 0) is 11.2 Å². The van der Waals surface area contributed by atoms with Crippen molar-refractivity contribution in [3.05, 3.63) is 34.9 Å². The highest BCUT2D eigenvalue weighted by molar-refractivity contribution is 6.31. The molecule has 1 aliphatic carbocycles. The Kier molecular flexibility index (Phi) is 5.06. The molecule has 1 saturated carbocycles. The molecule has 1 aromatic carbocycles. The predicted octanol–water partition coefficient (Wildman–Crippen LogP) is 3.72. The third-order valence-corrected chi connectivity index (χ3v) is 3.92. The van der Waals surface area contributed by atoms with Gasteiger partial charge in [0.15, 0.2) is 0 Å². The van der Waals surface area contributed by atoms with E-state index in [4.69, 9.17) is 11.6 Å². The average Bonchev–Trinajstić information content (AvgIpc) is 2.39. The van der Waals surface area contributed by atoms with Gasteiger partial charge in [-0.1, -0.05) is 49.1 Å². The fourth-order valence-electron chi connectivity index (χ4n) is 2.50. The van der Waals surface area contributed by atoms with E-state index in [9.17, 15) is 4.79 Å². The number of nitrogens with one attached hydrogen (secondary N) is 1. The van der Waals surface area contributed by atoms with E-state index in [-0.39, 0.29) is 5.91 Å². The van der Waals surface area contributed by atoms with Gasteiger partial charge < -0.3 is 5.32 Å². The Morgan fingerprint density at radius 2 is 1.94 bits per heavy atom. The van der Waals surface area contributed by atoms with Gasteiger partial charge >= 0.3 is 0 Å². The highest BCUT2D eigenvalue weighted by Crippen LogP contribution is 2.18. The minimum Gasteiger partial charge on any atom is -0.353 e. The van der Waals surface area contributed by atoms with Gasteiger partial charge in [-0.05, 0) is 30.9 Å². The summed E-state index contributed by atoms with van der Waals surface area (Å²) in [7, 11) is 0. The van der Waals surface area contributed by atoms with Crippen LogP contribution >= 0.6 is 11.6 Å². The molecule has 0 atom stereocenters. The van der Waals surface area contributed by atoms with Gasteiger partial charge in [0.05, 0.1) is 0 Å². The van der Waals surface area contributed by atoms with Gasteiger partial charge in [0.25, 0.3) is 0 Å². The van der Waals surface area contributed by atoms with Crippen molar-refractivity contribution in [2.24, 2.45) is 0 Å². The molecule has 0 heterocycles. The Balaban J connectivity index is 1.76. The van der Waals surface area contributed by atoms with Crippen molar-refractivity contribution in [1.29, 1.82) is 0 Å². The van der Waals surface area contributed by atoms with Crippen LogP contribution < -0.4 is 5.32 Å². The van der Waals surface area contributed by atoms with E-state index >= 15 is 0 Å². The summed E-state index contributed by atoms with van der Waals surface area (Å²) in [6.07, 6.45) is 7.32. The van der Waals surface area contributed by atoms with E-state index < -0.39 is 0 Å². The molecular weight excluding hydrogens is 246 g/mol. The number of hydrogen-bond donors (Lipinski definition) is 1. The van der Waals surface area contributed by atoms with Crippen LogP contribution in [0.1, 0.15) is 44.1 Å². The maximum Gasteiger partial charge on any atom is 0.220 e. The van der Waals surface area contributed by atoms with E-state index in [1.807, 2.05) is 24.3 Å². The molecule has 2 nitrogen and oxygen atoms in total. The largest absolute Gasteiger partial charge is 0.353 e. The number of rotatable bonds is 4. The zero-order valence-corrected chi connectivity index (χ0v) is 11.4. The molecule has 1 N–H and O–H groups in total. The molecule has 3 heteroatoms. The van der Waals surface area contributed by atoms with E-state index in [1.54, 1.807) is 0 Å². The summed E-state index contributed by atoms with van der Waals surface area (Å²) in [5, 5.41) is 3.88. The number of halogens is 1. The van der Waals surface area contributed by atoms with Crippen LogP contribution in [0.15, 0.2) is 24.3 Å². The van der Waals surface area contributed by atoms with Crippen molar-refractivity contribution in [1.82, 2.24) is 5.32 Å². The normalized spacial score (nSPS) is 16.5. The molecule has 0 aliphatic heterocycles. The van der Waals surface area contributed by atoms with Gasteiger partial charge in [-0.15, -0.1) is 0 Å². The van der Waals surface area contributed by atoms with Crippen molar-refractivity contribution in [2.45, 2.75) is 51.0 Å². The molecule has 1 fully saturated rings. The quantitative estimate of drug-likeness (QED) is 0.883. The number of aryl methyl sites for hydroxylation is 1. The van der Waals surface area contributed by atoms with Gasteiger partial charge in [-0.25, -0.2) is 0 Å². The summed E-state index contributed by atoms with van der Waals surface area (Å²) in [4.78, 5) is 11.8. The third-order valence-electron chi connectivity index (χ3n) is 3.55. The average molecular weight is 266 g/mol. The summed E-state index contributed by atoms with van der Waals surface area (Å²) in [6, 6.07) is 8.12. The van der Waals surface area contributed by atoms with Crippen molar-refractivity contribution in [2.75, 3.05) is 0 Å². The second-order valence-corrected chi connectivity index (χ2v) is 5.40. The van der Waals surface area contributed by atoms with Gasteiger partial charge in [0, 0.05) is 17.5 Å². The molecule has 18 heavy (non-hydrogen) atoms. The summed E-state index contributed by atoms with van der Waals surface area (Å²) < 4.78 is 0. The fraction of sp³-hybridized carbons (Fsp3) is 0.533. The Hall–Kier alpha value is -1.02. The first-order valence-corrected chi connectivity index (χ1v) is 7.16. The van der Waals surface area contributed by atoms with Crippen LogP contribution in [0.5, 0.6) is 0 Å². The minimum atomic E-state index is 0.154. The standard InChI is InChI=1S/C15H20ClNO/c16-14-9-5-4-6-12(14)10-11-15(18)17-13-7-2-1-3-8-13/h4-6,9,13H,1-3,7-8,10-11H2,(H,17,18). The molecule has 2 rings (SSSR count). The summed E-state index contributed by atoms with van der Waals surface area (Å²) in [6.45, 7) is 0. The maximum atomic E-state index is 11.8. The van der Waals surface area contributed by atoms with Gasteiger partial charge in [0.1, 0.15) is 0 Å². The Labute approximate surface area is 114 Å². The first-order chi connectivity index (χ1) is 8.75. The molecule has 0 unspecified atom stereocenters. The monoisotopic (exact) mass is 265 g/mol. The van der Waals surface area contributed by atoms with Crippen molar-refractivity contribution >= 4 is 17.5 Å². The van der Waals surface area contributed by atoms with Gasteiger partial charge in [-0.3, -0.25) is 4.79 Å². The molecule has 0 saturated heterocycles. The van der Waals surface area contributed by atoms with Crippen LogP contribution in [-0.4, -0.2) is 11.9 Å². The highest BCUT2D eigenvalue weighted by atomic mass is 35.5. The highest BCUT2D eigenvalue weighted by Gasteiger charge is 2.15. The van der Waals surface area contributed by atoms with Crippen molar-refractivity contribution < 1.29 is 4.79 Å². The maximum absolute atomic E-state index is 11.8. The smallest absolute Gasteiger partial charge is 0.220 e. The lowest BCUT2D eigenvalue weighted by atomic mass is 9.95. The van der Waals surface area contributed by atoms with Crippen LogP contribution in [0.2, 0.25) is 5.02 Å². The van der Waals surface area contributed by atoms with E-state index in [0.717, 1.165) is 29.8 Å². The lowest BCUT2D eigenvalue weighted by molar-refractivity contribution is -0.121. The van der Waals surface area contributed by atoms with Crippen LogP contribution in [0.4, 0.5) is 0 Å². The van der Waals surface area contributed by atoms with Gasteiger partial charge in [-0.2, -0.15) is 0 Å². The molecular formula is C15H20ClNO. The molecule has 1 aliphatic rings. The second-order valence-electron chi connectivity index (χ2n) is 4.99. The van der Waals surface area contributed by atoms with Crippen LogP contribution in [0, 0.1) is 0 Å². The SMILES string of the molecule is O=C(CCc1ccccc1Cl)NC1CCCCC1. The number of carbonyl (C=O) groups excluding carboxylic acids is 1. The lowest BCUT2D eigenvalue weighted by Crippen LogP contribution is -2.36. The molecule has 0 spiro atoms. The number of carbonyl (C=O) groups is 1. The summed E-state index contributed by atoms with van der Waals surface area (Å²) >= 11 is 6.07.